The molecule has 0 amide bonds. The maximum Gasteiger partial charge on any atom is 0.102 e. The van der Waals surface area contributed by atoms with Gasteiger partial charge in [0.15, 0.2) is 0 Å². The molecule has 0 fully saturated rings. The second-order valence-corrected chi connectivity index (χ2v) is 7.76. The Morgan fingerprint density at radius 3 is 1.21 bits per heavy atom. The molecule has 24 heavy (non-hydrogen) atoms. The summed E-state index contributed by atoms with van der Waals surface area (Å²) in [6.45, 7) is 8.34. The zero-order chi connectivity index (χ0) is 17.2. The van der Waals surface area contributed by atoms with Gasteiger partial charge in [-0.3, -0.25) is 0 Å². The summed E-state index contributed by atoms with van der Waals surface area (Å²) in [5.41, 5.74) is 0. The zero-order valence-electron chi connectivity index (χ0n) is 17.0. The molecule has 0 unspecified atom stereocenters. The smallest absolute Gasteiger partial charge is 0.102 e. The Morgan fingerprint density at radius 2 is 0.875 bits per heavy atom. The third-order valence-electron chi connectivity index (χ3n) is 5.24. The number of aliphatic hydroxyl groups is 1. The number of halogens is 1. The van der Waals surface area contributed by atoms with E-state index < -0.39 is 0 Å². The lowest BCUT2D eigenvalue weighted by Crippen LogP contribution is -3.00. The number of aliphatic hydroxyl groups excluding tert-OH is 1. The lowest BCUT2D eigenvalue weighted by atomic mass is 10.1. The molecule has 1 N–H and O–H groups in total. The normalized spacial score (nSPS) is 11.5. The molecule has 0 atom stereocenters. The van der Waals surface area contributed by atoms with Crippen molar-refractivity contribution in [3.63, 3.8) is 0 Å². The number of quaternary nitrogens is 1. The summed E-state index contributed by atoms with van der Waals surface area (Å²) in [5.74, 6) is 0. The van der Waals surface area contributed by atoms with Crippen LogP contribution < -0.4 is 24.0 Å². The number of unbranched alkanes of at least 4 members (excludes halogenated alkanes) is 12. The fraction of sp³-hybridized carbons (Fsp3) is 1.00. The van der Waals surface area contributed by atoms with E-state index >= 15 is 0 Å². The van der Waals surface area contributed by atoms with E-state index in [9.17, 15) is 5.11 Å². The van der Waals surface area contributed by atoms with Gasteiger partial charge in [0.2, 0.25) is 0 Å². The van der Waals surface area contributed by atoms with Crippen molar-refractivity contribution in [3.05, 3.63) is 0 Å². The van der Waals surface area contributed by atoms with Crippen molar-refractivity contribution >= 4 is 0 Å². The maximum atomic E-state index is 9.39. The van der Waals surface area contributed by atoms with Crippen LogP contribution in [0, 0.1) is 0 Å². The molecule has 0 rings (SSSR count). The highest BCUT2D eigenvalue weighted by Crippen LogP contribution is 2.14. The molecule has 0 saturated heterocycles. The fourth-order valence-electron chi connectivity index (χ4n) is 3.48. The van der Waals surface area contributed by atoms with Gasteiger partial charge in [0.25, 0.3) is 0 Å². The van der Waals surface area contributed by atoms with E-state index in [0.717, 1.165) is 11.0 Å². The molecule has 0 heterocycles. The van der Waals surface area contributed by atoms with Crippen LogP contribution in [-0.4, -0.2) is 42.9 Å². The highest BCUT2D eigenvalue weighted by Gasteiger charge is 2.19. The molecular weight excluding hydrogens is 409 g/mol. The molecule has 2 nitrogen and oxygen atoms in total. The average Bonchev–Trinajstić information content (AvgIpc) is 2.53. The van der Waals surface area contributed by atoms with Crippen LogP contribution in [0.2, 0.25) is 0 Å². The monoisotopic (exact) mass is 455 g/mol. The van der Waals surface area contributed by atoms with Gasteiger partial charge < -0.3 is 33.6 Å². The Morgan fingerprint density at radius 1 is 0.542 bits per heavy atom. The number of hydrogen-bond donors (Lipinski definition) is 1. The summed E-state index contributed by atoms with van der Waals surface area (Å²) in [6, 6.07) is 0. The molecule has 0 spiro atoms. The van der Waals surface area contributed by atoms with Crippen LogP contribution in [0.25, 0.3) is 0 Å². The molecule has 148 valence electrons. The molecule has 0 aromatic carbocycles. The van der Waals surface area contributed by atoms with Crippen molar-refractivity contribution in [1.82, 2.24) is 0 Å². The van der Waals surface area contributed by atoms with Gasteiger partial charge in [-0.25, -0.2) is 0 Å². The van der Waals surface area contributed by atoms with E-state index in [0.29, 0.717) is 6.61 Å². The summed E-state index contributed by atoms with van der Waals surface area (Å²) in [7, 11) is 2.35. The van der Waals surface area contributed by atoms with Gasteiger partial charge in [0, 0.05) is 0 Å². The van der Waals surface area contributed by atoms with Crippen molar-refractivity contribution in [1.29, 1.82) is 0 Å². The maximum absolute atomic E-state index is 9.39. The van der Waals surface area contributed by atoms with E-state index in [2.05, 4.69) is 20.9 Å². The molecule has 0 radical (unpaired) electrons. The first-order chi connectivity index (χ1) is 11.2. The number of likely N-dealkylation sites (N-methyl/N-ethyl adjacent to an activating group) is 1. The molecule has 0 bridgehead atoms. The minimum absolute atomic E-state index is 0. The summed E-state index contributed by atoms with van der Waals surface area (Å²) in [5, 5.41) is 9.39. The Bertz CT molecular complexity index is 218. The van der Waals surface area contributed by atoms with Crippen LogP contribution in [-0.2, 0) is 0 Å². The summed E-state index contributed by atoms with van der Waals surface area (Å²) in [6.07, 6.45) is 19.3. The molecule has 0 aromatic heterocycles. The van der Waals surface area contributed by atoms with Crippen molar-refractivity contribution in [2.45, 2.75) is 104 Å². The average molecular weight is 456 g/mol. The first-order valence-electron chi connectivity index (χ1n) is 10.6. The highest BCUT2D eigenvalue weighted by molar-refractivity contribution is 4.49. The van der Waals surface area contributed by atoms with Crippen molar-refractivity contribution in [3.8, 4) is 0 Å². The Labute approximate surface area is 170 Å². The lowest BCUT2D eigenvalue weighted by molar-refractivity contribution is -0.910. The van der Waals surface area contributed by atoms with Gasteiger partial charge in [0.05, 0.1) is 26.7 Å². The standard InChI is InChI=1S/C21H46NO.HI/c1-4-6-8-10-12-14-16-18-22(3,20-21-23)19-17-15-13-11-9-7-5-2;/h23H,4-21H2,1-3H3;1H/q+1;/p-1. The zero-order valence-corrected chi connectivity index (χ0v) is 19.2. The van der Waals surface area contributed by atoms with Gasteiger partial charge >= 0.3 is 0 Å². The Balaban J connectivity index is 0. The van der Waals surface area contributed by atoms with Crippen molar-refractivity contribution < 1.29 is 33.6 Å². The Hall–Kier alpha value is 0.650. The molecule has 0 aliphatic heterocycles. The second kappa shape index (κ2) is 20.0. The molecular formula is C21H46INO. The minimum atomic E-state index is 0. The fourth-order valence-corrected chi connectivity index (χ4v) is 3.48. The third-order valence-corrected chi connectivity index (χ3v) is 5.24. The lowest BCUT2D eigenvalue weighted by Gasteiger charge is -2.34. The van der Waals surface area contributed by atoms with E-state index in [4.69, 9.17) is 0 Å². The molecule has 3 heteroatoms. The van der Waals surface area contributed by atoms with Crippen molar-refractivity contribution in [2.75, 3.05) is 33.3 Å². The Kier molecular flexibility index (Phi) is 22.4. The number of hydrogen-bond acceptors (Lipinski definition) is 1. The van der Waals surface area contributed by atoms with Crippen LogP contribution in [0.5, 0.6) is 0 Å². The number of nitrogens with zero attached hydrogens (tertiary/aromatic N) is 1. The third kappa shape index (κ3) is 17.5. The molecule has 0 aliphatic carbocycles. The SMILES string of the molecule is CCCCCCCCC[N+](C)(CCO)CCCCCCCCC.[I-]. The minimum Gasteiger partial charge on any atom is -1.00 e. The van der Waals surface area contributed by atoms with Gasteiger partial charge in [-0.1, -0.05) is 78.1 Å². The van der Waals surface area contributed by atoms with Crippen molar-refractivity contribution in [2.24, 2.45) is 0 Å². The first-order valence-corrected chi connectivity index (χ1v) is 10.6. The van der Waals surface area contributed by atoms with E-state index in [1.54, 1.807) is 0 Å². The topological polar surface area (TPSA) is 20.2 Å². The molecule has 0 aliphatic rings. The van der Waals surface area contributed by atoms with E-state index in [-0.39, 0.29) is 24.0 Å². The van der Waals surface area contributed by atoms with Crippen LogP contribution in [0.3, 0.4) is 0 Å². The summed E-state index contributed by atoms with van der Waals surface area (Å²) >= 11 is 0. The van der Waals surface area contributed by atoms with Crippen LogP contribution >= 0.6 is 0 Å². The number of rotatable bonds is 18. The predicted octanol–water partition coefficient (Wildman–Crippen LogP) is 2.93. The predicted molar refractivity (Wildman–Crippen MR) is 104 cm³/mol. The van der Waals surface area contributed by atoms with E-state index in [1.165, 1.54) is 103 Å². The quantitative estimate of drug-likeness (QED) is 0.192. The van der Waals surface area contributed by atoms with Gasteiger partial charge in [-0.2, -0.15) is 0 Å². The van der Waals surface area contributed by atoms with Gasteiger partial charge in [-0.15, -0.1) is 0 Å². The molecule has 0 aromatic rings. The highest BCUT2D eigenvalue weighted by atomic mass is 127. The van der Waals surface area contributed by atoms with E-state index in [1.807, 2.05) is 0 Å². The van der Waals surface area contributed by atoms with Gasteiger partial charge in [-0.05, 0) is 25.7 Å². The largest absolute Gasteiger partial charge is 1.00 e. The summed E-state index contributed by atoms with van der Waals surface area (Å²) in [4.78, 5) is 0. The van der Waals surface area contributed by atoms with Crippen LogP contribution in [0.15, 0.2) is 0 Å². The van der Waals surface area contributed by atoms with Crippen LogP contribution in [0.1, 0.15) is 104 Å². The summed E-state index contributed by atoms with van der Waals surface area (Å²) < 4.78 is 1.08. The van der Waals surface area contributed by atoms with Gasteiger partial charge in [0.1, 0.15) is 6.54 Å². The van der Waals surface area contributed by atoms with Crippen LogP contribution in [0.4, 0.5) is 0 Å². The second-order valence-electron chi connectivity index (χ2n) is 7.76. The molecule has 0 saturated carbocycles. The first kappa shape index (κ1) is 26.9.